The number of nitrogens with zero attached hydrogens (tertiary/aromatic N) is 2. The van der Waals surface area contributed by atoms with E-state index in [2.05, 4.69) is 83.2 Å². The third kappa shape index (κ3) is 2.50. The van der Waals surface area contributed by atoms with Crippen LogP contribution in [0.25, 0.3) is 10.9 Å². The van der Waals surface area contributed by atoms with E-state index in [0.717, 1.165) is 25.9 Å². The van der Waals surface area contributed by atoms with Crippen LogP contribution in [0.15, 0.2) is 54.6 Å². The molecule has 26 heavy (non-hydrogen) atoms. The molecule has 3 heterocycles. The van der Waals surface area contributed by atoms with E-state index in [0.29, 0.717) is 6.04 Å². The van der Waals surface area contributed by atoms with Gasteiger partial charge in [0.1, 0.15) is 0 Å². The molecular formula is C23H27N3. The Morgan fingerprint density at radius 1 is 1.04 bits per heavy atom. The maximum absolute atomic E-state index is 3.68. The molecule has 2 aromatic carbocycles. The van der Waals surface area contributed by atoms with Gasteiger partial charge in [0.15, 0.2) is 0 Å². The van der Waals surface area contributed by atoms with Gasteiger partial charge in [-0.2, -0.15) is 0 Å². The van der Waals surface area contributed by atoms with Crippen LogP contribution in [0.2, 0.25) is 0 Å². The van der Waals surface area contributed by atoms with E-state index >= 15 is 0 Å². The molecule has 2 aliphatic heterocycles. The number of benzene rings is 2. The highest BCUT2D eigenvalue weighted by Crippen LogP contribution is 2.39. The van der Waals surface area contributed by atoms with Gasteiger partial charge < -0.3 is 4.98 Å². The second kappa shape index (κ2) is 5.97. The van der Waals surface area contributed by atoms with Crippen LogP contribution in [0.3, 0.4) is 0 Å². The van der Waals surface area contributed by atoms with Crippen molar-refractivity contribution in [3.8, 4) is 0 Å². The molecule has 0 amide bonds. The fraction of sp³-hybridized carbons (Fsp3) is 0.391. The molecule has 1 atom stereocenters. The minimum absolute atomic E-state index is 0.106. The van der Waals surface area contributed by atoms with Crippen LogP contribution in [0.4, 0.5) is 0 Å². The second-order valence-corrected chi connectivity index (χ2v) is 8.29. The number of fused-ring (bicyclic) bond motifs is 4. The monoisotopic (exact) mass is 345 g/mol. The number of H-pyrrole nitrogens is 1. The summed E-state index contributed by atoms with van der Waals surface area (Å²) in [5.41, 5.74) is 5.79. The summed E-state index contributed by atoms with van der Waals surface area (Å²) in [4.78, 5) is 9.06. The average Bonchev–Trinajstić information content (AvgIpc) is 3.14. The van der Waals surface area contributed by atoms with Gasteiger partial charge in [-0.15, -0.1) is 0 Å². The van der Waals surface area contributed by atoms with Crippen molar-refractivity contribution in [3.63, 3.8) is 0 Å². The van der Waals surface area contributed by atoms with Gasteiger partial charge in [-0.1, -0.05) is 48.5 Å². The van der Waals surface area contributed by atoms with Crippen molar-refractivity contribution in [1.29, 1.82) is 0 Å². The second-order valence-electron chi connectivity index (χ2n) is 8.29. The molecule has 134 valence electrons. The normalized spacial score (nSPS) is 22.5. The van der Waals surface area contributed by atoms with Crippen molar-refractivity contribution in [3.05, 3.63) is 71.4 Å². The lowest BCUT2D eigenvalue weighted by atomic mass is 9.96. The predicted molar refractivity (Wildman–Crippen MR) is 107 cm³/mol. The molecular weight excluding hydrogens is 318 g/mol. The maximum atomic E-state index is 3.68. The molecule has 5 rings (SSSR count). The number of rotatable bonds is 3. The summed E-state index contributed by atoms with van der Waals surface area (Å²) in [6, 6.07) is 20.3. The summed E-state index contributed by atoms with van der Waals surface area (Å²) >= 11 is 0. The number of para-hydroxylation sites is 1. The van der Waals surface area contributed by atoms with Crippen molar-refractivity contribution in [1.82, 2.24) is 14.8 Å². The van der Waals surface area contributed by atoms with E-state index in [1.54, 1.807) is 5.56 Å². The Morgan fingerprint density at radius 3 is 2.65 bits per heavy atom. The Morgan fingerprint density at radius 2 is 1.81 bits per heavy atom. The Hall–Kier alpha value is -2.10. The lowest BCUT2D eigenvalue weighted by Gasteiger charge is -2.41. The SMILES string of the molecule is CC1(C)N(CCc2ccccc2)CC2Cc3c([nH]c4ccccc34)CN21. The van der Waals surface area contributed by atoms with E-state index in [-0.39, 0.29) is 5.66 Å². The maximum Gasteiger partial charge on any atom is 0.0686 e. The van der Waals surface area contributed by atoms with Crippen LogP contribution in [0, 0.1) is 0 Å². The molecule has 1 saturated heterocycles. The molecule has 1 N–H and O–H groups in total. The van der Waals surface area contributed by atoms with Crippen molar-refractivity contribution in [2.24, 2.45) is 0 Å². The number of aromatic nitrogens is 1. The Labute approximate surface area is 155 Å². The molecule has 1 aromatic heterocycles. The zero-order chi connectivity index (χ0) is 17.7. The highest BCUT2D eigenvalue weighted by Gasteiger charge is 2.47. The lowest BCUT2D eigenvalue weighted by molar-refractivity contribution is 0.0261. The fourth-order valence-corrected chi connectivity index (χ4v) is 5.01. The molecule has 0 saturated carbocycles. The molecule has 1 unspecified atom stereocenters. The van der Waals surface area contributed by atoms with Gasteiger partial charge in [-0.05, 0) is 43.9 Å². The smallest absolute Gasteiger partial charge is 0.0686 e. The summed E-state index contributed by atoms with van der Waals surface area (Å²) in [5, 5.41) is 1.42. The topological polar surface area (TPSA) is 22.3 Å². The van der Waals surface area contributed by atoms with Crippen LogP contribution >= 0.6 is 0 Å². The molecule has 0 spiro atoms. The van der Waals surface area contributed by atoms with E-state index in [1.807, 2.05) is 0 Å². The van der Waals surface area contributed by atoms with Crippen LogP contribution in [-0.2, 0) is 19.4 Å². The Kier molecular flexibility index (Phi) is 3.70. The minimum Gasteiger partial charge on any atom is -0.357 e. The standard InChI is InChI=1S/C23H27N3/c1-23(2)25(13-12-17-8-4-3-5-9-17)15-18-14-20-19-10-6-7-11-21(19)24-22(20)16-26(18)23/h3-11,18,24H,12-16H2,1-2H3. The van der Waals surface area contributed by atoms with E-state index in [1.165, 1.54) is 28.7 Å². The molecule has 0 bridgehead atoms. The molecule has 3 heteroatoms. The summed E-state index contributed by atoms with van der Waals surface area (Å²) < 4.78 is 0. The molecule has 3 nitrogen and oxygen atoms in total. The quantitative estimate of drug-likeness (QED) is 0.769. The summed E-state index contributed by atoms with van der Waals surface area (Å²) in [7, 11) is 0. The Bertz CT molecular complexity index is 925. The number of hydrogen-bond donors (Lipinski definition) is 1. The zero-order valence-corrected chi connectivity index (χ0v) is 15.7. The number of nitrogens with one attached hydrogen (secondary N) is 1. The molecule has 2 aliphatic rings. The largest absolute Gasteiger partial charge is 0.357 e. The van der Waals surface area contributed by atoms with Gasteiger partial charge in [0.2, 0.25) is 0 Å². The van der Waals surface area contributed by atoms with Crippen molar-refractivity contribution >= 4 is 10.9 Å². The third-order valence-electron chi connectivity index (χ3n) is 6.53. The third-order valence-corrected chi connectivity index (χ3v) is 6.53. The van der Waals surface area contributed by atoms with Crippen LogP contribution in [0.1, 0.15) is 30.7 Å². The first kappa shape index (κ1) is 16.1. The molecule has 0 radical (unpaired) electrons. The summed E-state index contributed by atoms with van der Waals surface area (Å²) in [6.07, 6.45) is 2.28. The van der Waals surface area contributed by atoms with E-state index in [9.17, 15) is 0 Å². The Balaban J connectivity index is 1.38. The fourth-order valence-electron chi connectivity index (χ4n) is 5.01. The highest BCUT2D eigenvalue weighted by molar-refractivity contribution is 5.85. The zero-order valence-electron chi connectivity index (χ0n) is 15.7. The van der Waals surface area contributed by atoms with Gasteiger partial charge in [0.25, 0.3) is 0 Å². The number of hydrogen-bond acceptors (Lipinski definition) is 2. The van der Waals surface area contributed by atoms with Crippen molar-refractivity contribution < 1.29 is 0 Å². The molecule has 1 fully saturated rings. The van der Waals surface area contributed by atoms with Crippen LogP contribution in [0.5, 0.6) is 0 Å². The predicted octanol–water partition coefficient (Wildman–Crippen LogP) is 4.19. The van der Waals surface area contributed by atoms with Crippen molar-refractivity contribution in [2.45, 2.75) is 44.9 Å². The summed E-state index contributed by atoms with van der Waals surface area (Å²) in [6.45, 7) is 8.11. The lowest BCUT2D eigenvalue weighted by Crippen LogP contribution is -2.51. The van der Waals surface area contributed by atoms with Gasteiger partial charge in [0, 0.05) is 42.3 Å². The van der Waals surface area contributed by atoms with Gasteiger partial charge in [-0.3, -0.25) is 9.80 Å². The molecule has 3 aromatic rings. The first-order chi connectivity index (χ1) is 12.6. The van der Waals surface area contributed by atoms with Gasteiger partial charge >= 0.3 is 0 Å². The van der Waals surface area contributed by atoms with Crippen LogP contribution < -0.4 is 0 Å². The van der Waals surface area contributed by atoms with Crippen molar-refractivity contribution in [2.75, 3.05) is 13.1 Å². The van der Waals surface area contributed by atoms with E-state index in [4.69, 9.17) is 0 Å². The van der Waals surface area contributed by atoms with Gasteiger partial charge in [0.05, 0.1) is 5.66 Å². The molecule has 0 aliphatic carbocycles. The van der Waals surface area contributed by atoms with E-state index < -0.39 is 0 Å². The highest BCUT2D eigenvalue weighted by atomic mass is 15.5. The minimum atomic E-state index is 0.106. The summed E-state index contributed by atoms with van der Waals surface area (Å²) in [5.74, 6) is 0. The average molecular weight is 345 g/mol. The first-order valence-electron chi connectivity index (χ1n) is 9.77. The van der Waals surface area contributed by atoms with Crippen LogP contribution in [-0.4, -0.2) is 39.6 Å². The number of aromatic amines is 1. The van der Waals surface area contributed by atoms with Gasteiger partial charge in [-0.25, -0.2) is 0 Å². The first-order valence-corrected chi connectivity index (χ1v) is 9.77.